The monoisotopic (exact) mass is 1910 g/mol. The highest BCUT2D eigenvalue weighted by Crippen LogP contribution is 2.18. The van der Waals surface area contributed by atoms with Gasteiger partial charge in [0.15, 0.2) is 0 Å². The Bertz CT molecular complexity index is 2780. The lowest BCUT2D eigenvalue weighted by molar-refractivity contribution is -0.926. The number of ether oxygens (including phenoxy) is 6. The first kappa shape index (κ1) is 141. The summed E-state index contributed by atoms with van der Waals surface area (Å²) in [7, 11) is 15.3. The number of rotatable bonds is 61. The maximum absolute atomic E-state index is 11.5. The fourth-order valence-corrected chi connectivity index (χ4v) is 17.1. The fraction of sp³-hybridized carbons (Fsp3) is 0.844. The van der Waals surface area contributed by atoms with E-state index in [4.69, 9.17) is 46.6 Å². The molecule has 0 spiro atoms. The number of thioether (sulfide) groups is 3. The van der Waals surface area contributed by atoms with Crippen molar-refractivity contribution in [2.45, 2.75) is 230 Å². The lowest BCUT2D eigenvalue weighted by Gasteiger charge is -2.37. The van der Waals surface area contributed by atoms with Gasteiger partial charge in [-0.2, -0.15) is 0 Å². The number of likely N-dealkylation sites (N-methyl/N-ethyl adjacent to an activating group) is 6. The molecule has 0 fully saturated rings. The third-order valence-electron chi connectivity index (χ3n) is 23.9. The second-order valence-electron chi connectivity index (χ2n) is 34.5. The van der Waals surface area contributed by atoms with Gasteiger partial charge in [0, 0.05) is 14.1 Å². The molecule has 33 heteroatoms. The van der Waals surface area contributed by atoms with Crippen molar-refractivity contribution in [3.63, 3.8) is 0 Å². The Morgan fingerprint density at radius 3 is 0.620 bits per heavy atom. The topological polar surface area (TPSA) is 337 Å². The molecule has 2 unspecified atom stereocenters. The summed E-state index contributed by atoms with van der Waals surface area (Å²) in [6.45, 7) is 87.2. The number of quaternary nitrogens is 9. The van der Waals surface area contributed by atoms with Gasteiger partial charge in [-0.1, -0.05) is 122 Å². The van der Waals surface area contributed by atoms with Gasteiger partial charge in [-0.15, -0.1) is 0 Å². The van der Waals surface area contributed by atoms with E-state index in [-0.39, 0.29) is 27.5 Å². The number of carbonyl (C=O) groups is 9. The Balaban J connectivity index is -0.000000180. The van der Waals surface area contributed by atoms with E-state index in [0.29, 0.717) is 39.6 Å². The predicted octanol–water partition coefficient (Wildman–Crippen LogP) is 15.9. The van der Waals surface area contributed by atoms with Gasteiger partial charge in [0.2, 0.25) is 15.3 Å². The molecule has 0 aromatic carbocycles. The Morgan fingerprint density at radius 2 is 0.426 bits per heavy atom. The highest BCUT2D eigenvalue weighted by Gasteiger charge is 2.29. The molecule has 6 amide bonds. The van der Waals surface area contributed by atoms with Crippen molar-refractivity contribution in [3.05, 3.63) is 36.5 Å². The number of nitrogens with zero attached hydrogens (tertiary/aromatic N) is 9. The number of hydrogen-bond donors (Lipinski definition) is 6. The number of nitrogens with two attached hydrogens (primary N) is 4. The molecule has 0 aliphatic carbocycles. The average molecular weight is 1910 g/mol. The summed E-state index contributed by atoms with van der Waals surface area (Å²) in [5.41, 5.74) is 19.5. The van der Waals surface area contributed by atoms with Gasteiger partial charge in [0.1, 0.15) is 78.9 Å². The van der Waals surface area contributed by atoms with Gasteiger partial charge < -0.3 is 102 Å². The molecule has 129 heavy (non-hydrogen) atoms. The summed E-state index contributed by atoms with van der Waals surface area (Å²) in [4.78, 5) is 96.9. The lowest BCUT2D eigenvalue weighted by atomic mass is 10.2. The van der Waals surface area contributed by atoms with Gasteiger partial charge in [-0.3, -0.25) is 14.4 Å². The molecule has 0 saturated heterocycles. The SMILES string of the molecule is C/C=C/C(=O)SCC[N+](CC)(CC)CC.C/C=C/C(=O)SCC[N+](CC)(CCC)CCC.C/C=C/C(=O)SCC[N+](CC)(CCC)CCCC.CCCC[N+](CC)(CCC)CCOC(N)=O.CCC[N+](CC)(CCC)CCOC(N)=O.CC[N+](CC)(CC)CCOC(=O)NC.CC[N+](CC)(CC)CCOC(N)=O.CNC(=O)OCC[N+](C)(C)C.C[N+](C)(C)CCOC(N)=O. The second kappa shape index (κ2) is 90.4. The average Bonchev–Trinajstić information content (AvgIpc) is 0.834. The quantitative estimate of drug-likeness (QED) is 0.0187. The highest BCUT2D eigenvalue weighted by atomic mass is 32.2. The van der Waals surface area contributed by atoms with Crippen LogP contribution in [-0.2, 0) is 42.8 Å². The predicted molar refractivity (Wildman–Crippen MR) is 549 cm³/mol. The van der Waals surface area contributed by atoms with Gasteiger partial charge in [0.25, 0.3) is 0 Å². The number of unbranched alkanes of at least 4 members (excludes halogenated alkanes) is 2. The van der Waals surface area contributed by atoms with Crippen molar-refractivity contribution >= 4 is 87.2 Å². The standard InChI is InChI=1S/C15H30NOS.C14H28NOS.C12H26N2O2.C12H24NOS.C11H24N2O2.C10H22N2O2.C9H20N2O2.C7H16N2O2.C6H14N2O2/c1-5-9-12-16(8-4,11-7-3)13-14-18-15(17)10-6-2;1-5-9-14(16)17-13-12-15(8-4,10-6-2)11-7-3;1-4-7-9-14(6-3,8-5-2)10-11-16-12(13)15;1-5-9-12(14)15-11-10-13(6-2,7-3)8-4;1-4-7-13(6-3,8-5-2)9-10-15-11(12)14;1-5-12(6-2,7-3)8-9-14-10(13)11-4;1-4-11(5-2,6-3)7-8-13-9(10)12;1-8-7(10)11-6-5-9(2,3)4;1-8(2,3)4-5-10-6(7)9/h6,10H,5,7-9,11-14H2,1-4H3;5,9H,6-8,10-13H2,1-4H3;4-11H2,1-3H3,(H-,13,15);5,9H,6-8,10-11H2,1-4H3;4-10H2,1-3H3,(H-,12,14);5-9H2,1-4H3;4-8H2,1-3H3,(H-,10,12);5-6H2,1-4H3;4-5H2,1-3H3,(H-,7,9)/q2*+1;;+1;;;;;/p+6/b10-6+;9-5+;;9-5+;;;;;. The zero-order valence-electron chi connectivity index (χ0n) is 89.3. The van der Waals surface area contributed by atoms with Crippen molar-refractivity contribution in [3.8, 4) is 0 Å². The minimum Gasteiger partial charge on any atom is -0.444 e. The maximum atomic E-state index is 11.5. The van der Waals surface area contributed by atoms with Crippen LogP contribution in [0.5, 0.6) is 0 Å². The summed E-state index contributed by atoms with van der Waals surface area (Å²) < 4.78 is 37.8. The van der Waals surface area contributed by atoms with E-state index in [1.807, 2.05) is 75.2 Å². The lowest BCUT2D eigenvalue weighted by Crippen LogP contribution is -2.51. The third-order valence-corrected chi connectivity index (χ3v) is 26.3. The Hall–Kier alpha value is -5.46. The molecule has 0 radical (unpaired) electrons. The first-order valence-corrected chi connectivity index (χ1v) is 52.0. The number of primary amides is 4. The molecular formula is C96H210N15O15S3+9. The summed E-state index contributed by atoms with van der Waals surface area (Å²) >= 11 is 4.35. The molecule has 0 aliphatic heterocycles. The van der Waals surface area contributed by atoms with Crippen LogP contribution < -0.4 is 33.6 Å². The van der Waals surface area contributed by atoms with E-state index < -0.39 is 24.4 Å². The van der Waals surface area contributed by atoms with E-state index in [0.717, 1.165) is 218 Å². The van der Waals surface area contributed by atoms with E-state index in [2.05, 4.69) is 161 Å². The van der Waals surface area contributed by atoms with Gasteiger partial charge in [0.05, 0.1) is 217 Å². The Morgan fingerprint density at radius 1 is 0.248 bits per heavy atom. The van der Waals surface area contributed by atoms with Crippen LogP contribution in [0.2, 0.25) is 0 Å². The molecule has 0 rings (SSSR count). The molecule has 0 bridgehead atoms. The van der Waals surface area contributed by atoms with Crippen LogP contribution in [0.4, 0.5) is 28.8 Å². The molecule has 10 N–H and O–H groups in total. The molecule has 0 aromatic heterocycles. The minimum atomic E-state index is -0.701. The van der Waals surface area contributed by atoms with Gasteiger partial charge in [-0.05, 0) is 180 Å². The summed E-state index contributed by atoms with van der Waals surface area (Å²) in [5.74, 6) is 2.82. The number of carbonyl (C=O) groups excluding carboxylic acids is 9. The van der Waals surface area contributed by atoms with Gasteiger partial charge in [-0.25, -0.2) is 28.8 Å². The van der Waals surface area contributed by atoms with Crippen molar-refractivity contribution in [2.24, 2.45) is 22.9 Å². The largest absolute Gasteiger partial charge is 0.444 e. The number of alkyl carbamates (subject to hydrolysis) is 2. The van der Waals surface area contributed by atoms with Crippen molar-refractivity contribution in [1.82, 2.24) is 10.6 Å². The first-order valence-electron chi connectivity index (χ1n) is 49.0. The van der Waals surface area contributed by atoms with E-state index in [9.17, 15) is 43.2 Å². The molecule has 2 atom stereocenters. The van der Waals surface area contributed by atoms with Crippen LogP contribution in [0.15, 0.2) is 36.5 Å². The Labute approximate surface area is 804 Å². The fourth-order valence-electron chi connectivity index (χ4n) is 14.4. The molecule has 0 aliphatic rings. The molecule has 30 nitrogen and oxygen atoms in total. The van der Waals surface area contributed by atoms with Crippen molar-refractivity contribution < 1.29 is 112 Å². The molecule has 0 heterocycles. The minimum absolute atomic E-state index is 0.180. The highest BCUT2D eigenvalue weighted by molar-refractivity contribution is 8.14. The number of allylic oxidation sites excluding steroid dienone is 3. The molecule has 0 saturated carbocycles. The van der Waals surface area contributed by atoms with Crippen LogP contribution in [0.3, 0.4) is 0 Å². The van der Waals surface area contributed by atoms with E-state index >= 15 is 0 Å². The summed E-state index contributed by atoms with van der Waals surface area (Å²) in [5, 5.41) is 5.38. The van der Waals surface area contributed by atoms with Crippen LogP contribution >= 0.6 is 35.3 Å². The number of hydrogen-bond acceptors (Lipinski definition) is 18. The smallest absolute Gasteiger partial charge is 0.407 e. The van der Waals surface area contributed by atoms with Crippen LogP contribution in [-0.4, -0.2) is 402 Å². The van der Waals surface area contributed by atoms with Crippen molar-refractivity contribution in [1.29, 1.82) is 0 Å². The Kier molecular flexibility index (Phi) is 99.0. The normalized spacial score (nSPS) is 12.4. The van der Waals surface area contributed by atoms with E-state index in [1.54, 1.807) is 38.4 Å². The third kappa shape index (κ3) is 86.4. The molecule has 0 aromatic rings. The molecule has 768 valence electrons. The van der Waals surface area contributed by atoms with E-state index in [1.165, 1.54) is 135 Å². The second-order valence-corrected chi connectivity index (χ2v) is 37.8. The van der Waals surface area contributed by atoms with Crippen LogP contribution in [0, 0.1) is 0 Å². The zero-order chi connectivity index (χ0) is 101. The summed E-state index contributed by atoms with van der Waals surface area (Å²) in [6, 6.07) is 0. The van der Waals surface area contributed by atoms with Crippen molar-refractivity contribution in [2.75, 3.05) is 310 Å². The molecular weight excluding hydrogens is 1700 g/mol. The van der Waals surface area contributed by atoms with Gasteiger partial charge >= 0.3 is 36.6 Å². The number of nitrogens with one attached hydrogen (secondary N) is 2. The van der Waals surface area contributed by atoms with Crippen LogP contribution in [0.25, 0.3) is 0 Å². The maximum Gasteiger partial charge on any atom is 0.407 e. The van der Waals surface area contributed by atoms with Crippen LogP contribution in [0.1, 0.15) is 230 Å². The summed E-state index contributed by atoms with van der Waals surface area (Å²) in [6.07, 6.45) is 19.1. The first-order chi connectivity index (χ1) is 60.7. The number of amides is 6. The zero-order valence-corrected chi connectivity index (χ0v) is 91.7.